The van der Waals surface area contributed by atoms with Crippen molar-refractivity contribution < 1.29 is 23.1 Å². The van der Waals surface area contributed by atoms with Crippen LogP contribution in [-0.2, 0) is 20.9 Å². The summed E-state index contributed by atoms with van der Waals surface area (Å²) in [5, 5.41) is 6.24. The number of amides is 1. The van der Waals surface area contributed by atoms with Crippen LogP contribution in [-0.4, -0.2) is 28.3 Å². The van der Waals surface area contributed by atoms with Gasteiger partial charge in [0.2, 0.25) is 5.91 Å². The summed E-state index contributed by atoms with van der Waals surface area (Å²) in [6.07, 6.45) is -1.60. The van der Waals surface area contributed by atoms with Crippen molar-refractivity contribution in [3.8, 4) is 0 Å². The molecule has 1 aromatic heterocycles. The fraction of sp³-hybridized carbons (Fsp3) is 0.462. The minimum absolute atomic E-state index is 0.223. The van der Waals surface area contributed by atoms with E-state index < -0.39 is 18.3 Å². The summed E-state index contributed by atoms with van der Waals surface area (Å²) < 4.78 is 31.1. The zero-order chi connectivity index (χ0) is 16.0. The maximum absolute atomic E-state index is 12.7. The van der Waals surface area contributed by atoms with Gasteiger partial charge in [-0.25, -0.2) is 13.6 Å². The molecule has 0 spiro atoms. The molecule has 0 aliphatic rings. The minimum atomic E-state index is -2.71. The Morgan fingerprint density at radius 3 is 2.76 bits per heavy atom. The fourth-order valence-corrected chi connectivity index (χ4v) is 1.66. The normalized spacial score (nSPS) is 11.6. The van der Waals surface area contributed by atoms with Crippen LogP contribution in [0.4, 0.5) is 8.78 Å². The van der Waals surface area contributed by atoms with Gasteiger partial charge in [0.05, 0.1) is 12.3 Å². The third-order valence-electron chi connectivity index (χ3n) is 2.41. The highest BCUT2D eigenvalue weighted by atomic mass is 19.3. The lowest BCUT2D eigenvalue weighted by molar-refractivity contribution is -0.137. The van der Waals surface area contributed by atoms with Gasteiger partial charge in [0.15, 0.2) is 0 Å². The number of aryl methyl sites for hydroxylation is 1. The molecule has 21 heavy (non-hydrogen) atoms. The molecule has 0 aromatic carbocycles. The summed E-state index contributed by atoms with van der Waals surface area (Å²) >= 11 is 0. The number of halogens is 2. The molecule has 0 unspecified atom stereocenters. The Morgan fingerprint density at radius 2 is 2.19 bits per heavy atom. The van der Waals surface area contributed by atoms with Crippen molar-refractivity contribution in [3.63, 3.8) is 0 Å². The number of hydrogen-bond donors (Lipinski definition) is 1. The van der Waals surface area contributed by atoms with E-state index >= 15 is 0 Å². The Morgan fingerprint density at radius 1 is 1.52 bits per heavy atom. The smallest absolute Gasteiger partial charge is 0.332 e. The van der Waals surface area contributed by atoms with Crippen LogP contribution in [0, 0.1) is 6.92 Å². The molecule has 0 bridgehead atoms. The van der Waals surface area contributed by atoms with Gasteiger partial charge in [0.25, 0.3) is 6.43 Å². The molecule has 0 atom stereocenters. The lowest BCUT2D eigenvalue weighted by atomic mass is 10.3. The lowest BCUT2D eigenvalue weighted by Gasteiger charge is -2.08. The van der Waals surface area contributed by atoms with E-state index in [9.17, 15) is 18.4 Å². The minimum Gasteiger partial charge on any atom is -0.463 e. The highest BCUT2D eigenvalue weighted by Gasteiger charge is 2.17. The van der Waals surface area contributed by atoms with E-state index in [0.29, 0.717) is 5.69 Å². The first-order chi connectivity index (χ1) is 9.83. The summed E-state index contributed by atoms with van der Waals surface area (Å²) in [5.41, 5.74) is 0.340. The standard InChI is InChI=1S/C13H17F2N3O3/c1-4-21-12(20)6-8(2)16-11(19)7-18-10(13(14)15)5-9(3)17-18/h5-6,13H,4,7H2,1-3H3,(H,16,19)/b8-6+. The van der Waals surface area contributed by atoms with Crippen molar-refractivity contribution in [1.29, 1.82) is 0 Å². The third kappa shape index (κ3) is 5.33. The van der Waals surface area contributed by atoms with Crippen LogP contribution in [0.25, 0.3) is 0 Å². The van der Waals surface area contributed by atoms with Crippen LogP contribution in [0.1, 0.15) is 31.7 Å². The summed E-state index contributed by atoms with van der Waals surface area (Å²) in [6.45, 7) is 4.58. The average molecular weight is 301 g/mol. The highest BCUT2D eigenvalue weighted by Crippen LogP contribution is 2.19. The van der Waals surface area contributed by atoms with E-state index in [1.807, 2.05) is 0 Å². The molecule has 1 amide bonds. The van der Waals surface area contributed by atoms with Crippen LogP contribution in [0.2, 0.25) is 0 Å². The summed E-state index contributed by atoms with van der Waals surface area (Å²) in [4.78, 5) is 22.9. The van der Waals surface area contributed by atoms with Crippen molar-refractivity contribution in [1.82, 2.24) is 15.1 Å². The first-order valence-corrected chi connectivity index (χ1v) is 6.30. The molecule has 116 valence electrons. The summed E-state index contributed by atoms with van der Waals surface area (Å²) in [5.74, 6) is -1.14. The summed E-state index contributed by atoms with van der Waals surface area (Å²) in [6, 6.07) is 1.22. The van der Waals surface area contributed by atoms with E-state index in [-0.39, 0.29) is 24.5 Å². The lowest BCUT2D eigenvalue weighted by Crippen LogP contribution is -2.27. The van der Waals surface area contributed by atoms with E-state index in [1.165, 1.54) is 13.0 Å². The third-order valence-corrected chi connectivity index (χ3v) is 2.41. The number of rotatable bonds is 6. The van der Waals surface area contributed by atoms with Crippen molar-refractivity contribution in [2.24, 2.45) is 0 Å². The van der Waals surface area contributed by atoms with Crippen molar-refractivity contribution in [3.05, 3.63) is 29.2 Å². The first-order valence-electron chi connectivity index (χ1n) is 6.30. The van der Waals surface area contributed by atoms with Gasteiger partial charge < -0.3 is 10.1 Å². The zero-order valence-electron chi connectivity index (χ0n) is 12.0. The molecule has 0 saturated carbocycles. The van der Waals surface area contributed by atoms with E-state index in [1.54, 1.807) is 13.8 Å². The van der Waals surface area contributed by atoms with Crippen LogP contribution in [0.15, 0.2) is 17.8 Å². The van der Waals surface area contributed by atoms with Crippen molar-refractivity contribution in [2.75, 3.05) is 6.61 Å². The zero-order valence-corrected chi connectivity index (χ0v) is 12.0. The number of aromatic nitrogens is 2. The van der Waals surface area contributed by atoms with E-state index in [4.69, 9.17) is 0 Å². The molecular weight excluding hydrogens is 284 g/mol. The van der Waals surface area contributed by atoms with E-state index in [2.05, 4.69) is 15.2 Å². The number of carbonyl (C=O) groups excluding carboxylic acids is 2. The predicted octanol–water partition coefficient (Wildman–Crippen LogP) is 1.71. The molecule has 1 aromatic rings. The van der Waals surface area contributed by atoms with Crippen LogP contribution in [0.3, 0.4) is 0 Å². The Balaban J connectivity index is 2.68. The Hall–Kier alpha value is -2.25. The second-order valence-corrected chi connectivity index (χ2v) is 4.30. The van der Waals surface area contributed by atoms with Crippen LogP contribution >= 0.6 is 0 Å². The number of allylic oxidation sites excluding steroid dienone is 1. The van der Waals surface area contributed by atoms with Gasteiger partial charge in [-0.1, -0.05) is 0 Å². The molecule has 1 N–H and O–H groups in total. The molecule has 8 heteroatoms. The van der Waals surface area contributed by atoms with E-state index in [0.717, 1.165) is 10.8 Å². The first kappa shape index (κ1) is 16.8. The van der Waals surface area contributed by atoms with Crippen LogP contribution < -0.4 is 5.32 Å². The molecule has 0 fully saturated rings. The highest BCUT2D eigenvalue weighted by molar-refractivity contribution is 5.84. The largest absolute Gasteiger partial charge is 0.463 e. The molecule has 0 saturated heterocycles. The number of nitrogens with one attached hydrogen (secondary N) is 1. The summed E-state index contributed by atoms with van der Waals surface area (Å²) in [7, 11) is 0. The predicted molar refractivity (Wildman–Crippen MR) is 70.5 cm³/mol. The van der Waals surface area contributed by atoms with Gasteiger partial charge in [-0.2, -0.15) is 5.10 Å². The van der Waals surface area contributed by atoms with Gasteiger partial charge in [0, 0.05) is 11.8 Å². The number of ether oxygens (including phenoxy) is 1. The Labute approximate surface area is 120 Å². The van der Waals surface area contributed by atoms with Gasteiger partial charge in [-0.15, -0.1) is 0 Å². The molecule has 6 nitrogen and oxygen atoms in total. The number of carbonyl (C=O) groups is 2. The molecular formula is C13H17F2N3O3. The molecule has 1 rings (SSSR count). The Bertz CT molecular complexity index is 553. The van der Waals surface area contributed by atoms with Crippen molar-refractivity contribution >= 4 is 11.9 Å². The number of nitrogens with zero attached hydrogens (tertiary/aromatic N) is 2. The average Bonchev–Trinajstić information content (AvgIpc) is 2.69. The Kier molecular flexibility index (Phi) is 6.01. The number of hydrogen-bond acceptors (Lipinski definition) is 4. The van der Waals surface area contributed by atoms with Gasteiger partial charge in [0.1, 0.15) is 12.2 Å². The molecule has 1 heterocycles. The van der Waals surface area contributed by atoms with Gasteiger partial charge in [-0.3, -0.25) is 9.48 Å². The SMILES string of the molecule is CCOC(=O)/C=C(\C)NC(=O)Cn1nc(C)cc1C(F)F. The number of alkyl halides is 2. The maximum atomic E-state index is 12.7. The molecule has 0 radical (unpaired) electrons. The topological polar surface area (TPSA) is 73.2 Å². The molecule has 0 aliphatic heterocycles. The monoisotopic (exact) mass is 301 g/mol. The molecule has 0 aliphatic carbocycles. The second kappa shape index (κ2) is 7.51. The fourth-order valence-electron chi connectivity index (χ4n) is 1.66. The van der Waals surface area contributed by atoms with Gasteiger partial charge >= 0.3 is 5.97 Å². The maximum Gasteiger partial charge on any atom is 0.332 e. The van der Waals surface area contributed by atoms with Crippen LogP contribution in [0.5, 0.6) is 0 Å². The quantitative estimate of drug-likeness (QED) is 0.641. The van der Waals surface area contributed by atoms with Crippen molar-refractivity contribution in [2.45, 2.75) is 33.7 Å². The number of esters is 1. The van der Waals surface area contributed by atoms with Gasteiger partial charge in [-0.05, 0) is 26.8 Å². The second-order valence-electron chi connectivity index (χ2n) is 4.30.